The first kappa shape index (κ1) is 14.7. The second kappa shape index (κ2) is 5.75. The Morgan fingerprint density at radius 1 is 1.50 bits per heavy atom. The number of hydrogen-bond donors (Lipinski definition) is 0. The molecule has 1 heterocycles. The van der Waals surface area contributed by atoms with Gasteiger partial charge in [-0.2, -0.15) is 0 Å². The highest BCUT2D eigenvalue weighted by molar-refractivity contribution is 6.17. The quantitative estimate of drug-likeness (QED) is 0.644. The average Bonchev–Trinajstić information content (AvgIpc) is 2.76. The Morgan fingerprint density at radius 2 is 2.20 bits per heavy atom. The molecule has 0 fully saturated rings. The molecule has 0 aliphatic carbocycles. The van der Waals surface area contributed by atoms with E-state index >= 15 is 0 Å². The van der Waals surface area contributed by atoms with Crippen LogP contribution in [0.4, 0.5) is 8.78 Å². The van der Waals surface area contributed by atoms with E-state index in [-0.39, 0.29) is 16.9 Å². The molecule has 20 heavy (non-hydrogen) atoms. The fourth-order valence-electron chi connectivity index (χ4n) is 2.14. The van der Waals surface area contributed by atoms with Gasteiger partial charge in [-0.25, -0.2) is 18.6 Å². The summed E-state index contributed by atoms with van der Waals surface area (Å²) in [6.45, 7) is 1.58. The molecule has 1 aromatic heterocycles. The number of nitrogens with zero attached hydrogens (tertiary/aromatic N) is 2. The van der Waals surface area contributed by atoms with Gasteiger partial charge in [-0.3, -0.25) is 0 Å². The first-order chi connectivity index (χ1) is 9.49. The third-order valence-electron chi connectivity index (χ3n) is 3.03. The lowest BCUT2D eigenvalue weighted by molar-refractivity contribution is -0.143. The van der Waals surface area contributed by atoms with Crippen LogP contribution in [-0.2, 0) is 16.0 Å². The third kappa shape index (κ3) is 2.47. The Labute approximate surface area is 119 Å². The molecule has 0 amide bonds. The Bertz CT molecular complexity index is 657. The maximum Gasteiger partial charge on any atom is 0.328 e. The number of carbonyl (C=O) groups excluding carboxylic acids is 1. The van der Waals surface area contributed by atoms with Crippen LogP contribution in [0.1, 0.15) is 18.8 Å². The summed E-state index contributed by atoms with van der Waals surface area (Å²) >= 11 is 5.69. The third-order valence-corrected chi connectivity index (χ3v) is 3.22. The fourth-order valence-corrected chi connectivity index (χ4v) is 2.31. The van der Waals surface area contributed by atoms with Gasteiger partial charge in [0, 0.05) is 24.4 Å². The Kier molecular flexibility index (Phi) is 4.23. The molecule has 1 aromatic carbocycles. The smallest absolute Gasteiger partial charge is 0.328 e. The molecule has 0 saturated heterocycles. The largest absolute Gasteiger partial charge is 0.467 e. The SMILES string of the molecule is COC(=O)C(C)n1c(CCCl)nc2c(F)cc(F)cc21. The summed E-state index contributed by atoms with van der Waals surface area (Å²) in [6, 6.07) is 1.15. The molecule has 0 spiro atoms. The van der Waals surface area contributed by atoms with E-state index in [1.807, 2.05) is 0 Å². The summed E-state index contributed by atoms with van der Waals surface area (Å²) in [4.78, 5) is 15.8. The number of ether oxygens (including phenoxy) is 1. The molecule has 0 N–H and O–H groups in total. The van der Waals surface area contributed by atoms with Gasteiger partial charge in [0.1, 0.15) is 23.2 Å². The number of aryl methyl sites for hydroxylation is 1. The average molecular weight is 303 g/mol. The van der Waals surface area contributed by atoms with Crippen molar-refractivity contribution in [1.82, 2.24) is 9.55 Å². The van der Waals surface area contributed by atoms with Gasteiger partial charge in [0.25, 0.3) is 0 Å². The molecule has 2 aromatic rings. The van der Waals surface area contributed by atoms with Crippen LogP contribution in [0.5, 0.6) is 0 Å². The van der Waals surface area contributed by atoms with Crippen LogP contribution >= 0.6 is 11.6 Å². The predicted molar refractivity (Wildman–Crippen MR) is 70.8 cm³/mol. The van der Waals surface area contributed by atoms with E-state index in [1.54, 1.807) is 6.92 Å². The number of alkyl halides is 1. The van der Waals surface area contributed by atoms with Crippen LogP contribution < -0.4 is 0 Å². The molecule has 0 saturated carbocycles. The highest BCUT2D eigenvalue weighted by Gasteiger charge is 2.23. The van der Waals surface area contributed by atoms with E-state index in [0.29, 0.717) is 12.2 Å². The van der Waals surface area contributed by atoms with Crippen LogP contribution in [0.15, 0.2) is 12.1 Å². The van der Waals surface area contributed by atoms with Crippen molar-refractivity contribution in [3.8, 4) is 0 Å². The molecular weight excluding hydrogens is 290 g/mol. The second-order valence-corrected chi connectivity index (χ2v) is 4.67. The van der Waals surface area contributed by atoms with Crippen LogP contribution in [-0.4, -0.2) is 28.5 Å². The van der Waals surface area contributed by atoms with Gasteiger partial charge in [0.2, 0.25) is 0 Å². The molecule has 0 aliphatic heterocycles. The number of halogens is 3. The van der Waals surface area contributed by atoms with Crippen molar-refractivity contribution < 1.29 is 18.3 Å². The summed E-state index contributed by atoms with van der Waals surface area (Å²) in [5, 5.41) is 0. The number of esters is 1. The molecular formula is C13H13ClF2N2O2. The Hall–Kier alpha value is -1.69. The van der Waals surface area contributed by atoms with Crippen molar-refractivity contribution in [3.63, 3.8) is 0 Å². The lowest BCUT2D eigenvalue weighted by Gasteiger charge is -2.15. The van der Waals surface area contributed by atoms with Crippen molar-refractivity contribution in [1.29, 1.82) is 0 Å². The summed E-state index contributed by atoms with van der Waals surface area (Å²) in [7, 11) is 1.25. The van der Waals surface area contributed by atoms with Crippen LogP contribution in [0.2, 0.25) is 0 Å². The zero-order valence-electron chi connectivity index (χ0n) is 11.0. The number of rotatable bonds is 4. The van der Waals surface area contributed by atoms with E-state index in [2.05, 4.69) is 9.72 Å². The van der Waals surface area contributed by atoms with Gasteiger partial charge >= 0.3 is 5.97 Å². The highest BCUT2D eigenvalue weighted by Crippen LogP contribution is 2.25. The zero-order valence-corrected chi connectivity index (χ0v) is 11.7. The Morgan fingerprint density at radius 3 is 2.80 bits per heavy atom. The molecule has 0 bridgehead atoms. The van der Waals surface area contributed by atoms with E-state index in [4.69, 9.17) is 11.6 Å². The number of carbonyl (C=O) groups is 1. The molecule has 2 rings (SSSR count). The molecule has 4 nitrogen and oxygen atoms in total. The van der Waals surface area contributed by atoms with Crippen molar-refractivity contribution in [3.05, 3.63) is 29.6 Å². The van der Waals surface area contributed by atoms with E-state index in [1.165, 1.54) is 11.7 Å². The second-order valence-electron chi connectivity index (χ2n) is 4.29. The molecule has 0 radical (unpaired) electrons. The van der Waals surface area contributed by atoms with E-state index in [9.17, 15) is 13.6 Å². The molecule has 108 valence electrons. The van der Waals surface area contributed by atoms with Crippen molar-refractivity contribution in [2.45, 2.75) is 19.4 Å². The van der Waals surface area contributed by atoms with Gasteiger partial charge in [-0.15, -0.1) is 11.6 Å². The van der Waals surface area contributed by atoms with Gasteiger partial charge in [-0.05, 0) is 6.92 Å². The number of benzene rings is 1. The van der Waals surface area contributed by atoms with Gasteiger partial charge in [0.05, 0.1) is 12.6 Å². The van der Waals surface area contributed by atoms with Crippen molar-refractivity contribution in [2.24, 2.45) is 0 Å². The van der Waals surface area contributed by atoms with E-state index < -0.39 is 23.6 Å². The van der Waals surface area contributed by atoms with Gasteiger partial charge in [-0.1, -0.05) is 0 Å². The van der Waals surface area contributed by atoms with Crippen LogP contribution in [0.3, 0.4) is 0 Å². The first-order valence-electron chi connectivity index (χ1n) is 5.99. The molecule has 1 atom stereocenters. The normalized spacial score (nSPS) is 12.7. The van der Waals surface area contributed by atoms with Crippen LogP contribution in [0, 0.1) is 11.6 Å². The molecule has 0 aliphatic rings. The maximum atomic E-state index is 13.8. The minimum atomic E-state index is -0.772. The highest BCUT2D eigenvalue weighted by atomic mass is 35.5. The minimum Gasteiger partial charge on any atom is -0.467 e. The van der Waals surface area contributed by atoms with Gasteiger partial charge in [0.15, 0.2) is 5.82 Å². The summed E-state index contributed by atoms with van der Waals surface area (Å²) in [5.74, 6) is -1.36. The van der Waals surface area contributed by atoms with E-state index in [0.717, 1.165) is 12.1 Å². The minimum absolute atomic E-state index is 0.0160. The number of imidazole rings is 1. The number of hydrogen-bond acceptors (Lipinski definition) is 3. The standard InChI is InChI=1S/C13H13ClF2N2O2/c1-7(13(19)20-2)18-10-6-8(15)5-9(16)12(10)17-11(18)3-4-14/h5-7H,3-4H2,1-2H3. The summed E-state index contributed by atoms with van der Waals surface area (Å²) in [6.07, 6.45) is 0.332. The fraction of sp³-hybridized carbons (Fsp3) is 0.385. The summed E-state index contributed by atoms with van der Waals surface area (Å²) < 4.78 is 33.3. The van der Waals surface area contributed by atoms with Crippen molar-refractivity contribution >= 4 is 28.6 Å². The van der Waals surface area contributed by atoms with Crippen molar-refractivity contribution in [2.75, 3.05) is 13.0 Å². The topological polar surface area (TPSA) is 44.1 Å². The predicted octanol–water partition coefficient (Wildman–Crippen LogP) is 2.83. The lowest BCUT2D eigenvalue weighted by atomic mass is 10.2. The maximum absolute atomic E-state index is 13.8. The summed E-state index contributed by atoms with van der Waals surface area (Å²) in [5.41, 5.74) is 0.225. The first-order valence-corrected chi connectivity index (χ1v) is 6.52. The number of fused-ring (bicyclic) bond motifs is 1. The molecule has 7 heteroatoms. The Balaban J connectivity index is 2.70. The number of methoxy groups -OCH3 is 1. The van der Waals surface area contributed by atoms with Gasteiger partial charge < -0.3 is 9.30 Å². The zero-order chi connectivity index (χ0) is 14.9. The lowest BCUT2D eigenvalue weighted by Crippen LogP contribution is -2.20. The van der Waals surface area contributed by atoms with Crippen LogP contribution in [0.25, 0.3) is 11.0 Å². The monoisotopic (exact) mass is 302 g/mol. The number of aromatic nitrogens is 2. The molecule has 1 unspecified atom stereocenters.